The van der Waals surface area contributed by atoms with Gasteiger partial charge < -0.3 is 4.90 Å². The minimum Gasteiger partial charge on any atom is -0.302 e. The van der Waals surface area contributed by atoms with Crippen LogP contribution in [0.3, 0.4) is 0 Å². The number of nitrogens with zero attached hydrogens (tertiary/aromatic N) is 1. The van der Waals surface area contributed by atoms with Crippen LogP contribution in [0.5, 0.6) is 0 Å². The van der Waals surface area contributed by atoms with Gasteiger partial charge in [0.15, 0.2) is 0 Å². The summed E-state index contributed by atoms with van der Waals surface area (Å²) in [7, 11) is 4.07. The minimum absolute atomic E-state index is 0.0133. The molecule has 0 aromatic rings. The third-order valence-corrected chi connectivity index (χ3v) is 2.52. The van der Waals surface area contributed by atoms with Gasteiger partial charge in [0.1, 0.15) is 0 Å². The molecule has 0 radical (unpaired) electrons. The Balaban J connectivity index is 4.59. The van der Waals surface area contributed by atoms with Gasteiger partial charge in [-0.3, -0.25) is 11.3 Å². The molecule has 0 aliphatic rings. The van der Waals surface area contributed by atoms with Crippen LogP contribution in [0, 0.1) is 0 Å². The van der Waals surface area contributed by atoms with E-state index in [9.17, 15) is 0 Å². The van der Waals surface area contributed by atoms with Crippen LogP contribution in [-0.2, 0) is 0 Å². The third-order valence-electron chi connectivity index (χ3n) is 2.52. The lowest BCUT2D eigenvalue weighted by atomic mass is 9.89. The summed E-state index contributed by atoms with van der Waals surface area (Å²) in [5, 5.41) is 0. The summed E-state index contributed by atoms with van der Waals surface area (Å²) in [6.45, 7) is 10.2. The molecule has 1 unspecified atom stereocenters. The van der Waals surface area contributed by atoms with E-state index in [4.69, 9.17) is 5.84 Å². The molecular weight excluding hydrogens is 150 g/mol. The van der Waals surface area contributed by atoms with Gasteiger partial charge in [-0.2, -0.15) is 0 Å². The summed E-state index contributed by atoms with van der Waals surface area (Å²) in [6, 6.07) is 0.118. The predicted octanol–water partition coefficient (Wildman–Crippen LogP) is 0.735. The van der Waals surface area contributed by atoms with Crippen molar-refractivity contribution in [3.63, 3.8) is 0 Å². The second-order valence-corrected chi connectivity index (χ2v) is 3.99. The van der Waals surface area contributed by atoms with Crippen LogP contribution in [0.1, 0.15) is 20.8 Å². The highest BCUT2D eigenvalue weighted by molar-refractivity contribution is 5.10. The van der Waals surface area contributed by atoms with Crippen LogP contribution in [0.15, 0.2) is 12.2 Å². The van der Waals surface area contributed by atoms with Gasteiger partial charge in [-0.25, -0.2) is 0 Å². The maximum atomic E-state index is 5.46. The molecule has 0 saturated heterocycles. The summed E-state index contributed by atoms with van der Waals surface area (Å²) in [5.74, 6) is 5.46. The van der Waals surface area contributed by atoms with Crippen molar-refractivity contribution >= 4 is 0 Å². The summed E-state index contributed by atoms with van der Waals surface area (Å²) >= 11 is 0. The summed E-state index contributed by atoms with van der Waals surface area (Å²) in [4.78, 5) is 2.13. The van der Waals surface area contributed by atoms with E-state index < -0.39 is 0 Å². The second-order valence-electron chi connectivity index (χ2n) is 3.99. The van der Waals surface area contributed by atoms with Crippen molar-refractivity contribution in [2.45, 2.75) is 32.4 Å². The van der Waals surface area contributed by atoms with Crippen LogP contribution in [0.25, 0.3) is 0 Å². The molecule has 0 aromatic heterocycles. The average molecular weight is 171 g/mol. The lowest BCUT2D eigenvalue weighted by Crippen LogP contribution is -2.57. The van der Waals surface area contributed by atoms with Gasteiger partial charge in [-0.1, -0.05) is 12.2 Å². The first-order chi connectivity index (χ1) is 5.34. The number of rotatable bonds is 4. The third kappa shape index (κ3) is 2.30. The Morgan fingerprint density at radius 2 is 1.92 bits per heavy atom. The number of nitrogens with two attached hydrogens (primary N) is 1. The van der Waals surface area contributed by atoms with Crippen LogP contribution in [0.4, 0.5) is 0 Å². The van der Waals surface area contributed by atoms with Crippen molar-refractivity contribution in [1.29, 1.82) is 0 Å². The molecule has 0 aliphatic heterocycles. The maximum absolute atomic E-state index is 5.46. The van der Waals surface area contributed by atoms with E-state index in [0.29, 0.717) is 0 Å². The number of nitrogens with one attached hydrogen (secondary N) is 1. The smallest absolute Gasteiger partial charge is 0.0593 e. The highest BCUT2D eigenvalue weighted by Gasteiger charge is 2.30. The molecule has 12 heavy (non-hydrogen) atoms. The molecule has 0 saturated carbocycles. The van der Waals surface area contributed by atoms with Gasteiger partial charge in [0.25, 0.3) is 0 Å². The Morgan fingerprint density at radius 1 is 1.50 bits per heavy atom. The molecule has 72 valence electrons. The second kappa shape index (κ2) is 4.03. The molecule has 0 rings (SSSR count). The molecule has 3 heteroatoms. The Kier molecular flexibility index (Phi) is 3.90. The standard InChI is InChI=1S/C9H21N3/c1-7(2)8(11-10)9(3,4)12(5)6/h8,11H,1,10H2,2-6H3. The Labute approximate surface area is 75.6 Å². The summed E-state index contributed by atoms with van der Waals surface area (Å²) in [5.41, 5.74) is 3.82. The first-order valence-corrected chi connectivity index (χ1v) is 4.13. The number of hydrogen-bond donors (Lipinski definition) is 2. The van der Waals surface area contributed by atoms with Gasteiger partial charge >= 0.3 is 0 Å². The van der Waals surface area contributed by atoms with E-state index in [1.807, 2.05) is 21.0 Å². The largest absolute Gasteiger partial charge is 0.302 e. The number of hydrogen-bond acceptors (Lipinski definition) is 3. The topological polar surface area (TPSA) is 41.3 Å². The molecule has 3 N–H and O–H groups in total. The maximum Gasteiger partial charge on any atom is 0.0593 e. The minimum atomic E-state index is -0.0133. The molecular formula is C9H21N3. The van der Waals surface area contributed by atoms with E-state index in [2.05, 4.69) is 30.8 Å². The zero-order valence-electron chi connectivity index (χ0n) is 8.81. The van der Waals surface area contributed by atoms with E-state index in [1.54, 1.807) is 0 Å². The molecule has 0 fully saturated rings. The quantitative estimate of drug-likeness (QED) is 0.372. The molecule has 3 nitrogen and oxygen atoms in total. The lowest BCUT2D eigenvalue weighted by molar-refractivity contribution is 0.154. The van der Waals surface area contributed by atoms with Gasteiger partial charge in [-0.15, -0.1) is 0 Å². The molecule has 1 atom stereocenters. The zero-order chi connectivity index (χ0) is 9.94. The molecule has 0 bridgehead atoms. The average Bonchev–Trinajstić information content (AvgIpc) is 1.86. The fourth-order valence-electron chi connectivity index (χ4n) is 1.21. The normalized spacial score (nSPS) is 14.9. The van der Waals surface area contributed by atoms with E-state index >= 15 is 0 Å². The van der Waals surface area contributed by atoms with Crippen molar-refractivity contribution in [3.05, 3.63) is 12.2 Å². The first kappa shape index (κ1) is 11.6. The molecule has 0 aromatic carbocycles. The lowest BCUT2D eigenvalue weighted by Gasteiger charge is -2.40. The van der Waals surface area contributed by atoms with Crippen LogP contribution >= 0.6 is 0 Å². The SMILES string of the molecule is C=C(C)C(NN)C(C)(C)N(C)C. The van der Waals surface area contributed by atoms with Crippen molar-refractivity contribution < 1.29 is 0 Å². The van der Waals surface area contributed by atoms with E-state index in [0.717, 1.165) is 5.57 Å². The van der Waals surface area contributed by atoms with Crippen molar-refractivity contribution in [1.82, 2.24) is 10.3 Å². The van der Waals surface area contributed by atoms with E-state index in [1.165, 1.54) is 0 Å². The first-order valence-electron chi connectivity index (χ1n) is 4.13. The monoisotopic (exact) mass is 171 g/mol. The molecule has 0 aliphatic carbocycles. The fraction of sp³-hybridized carbons (Fsp3) is 0.778. The van der Waals surface area contributed by atoms with Crippen molar-refractivity contribution in [2.24, 2.45) is 5.84 Å². The van der Waals surface area contributed by atoms with Crippen LogP contribution in [0.2, 0.25) is 0 Å². The van der Waals surface area contributed by atoms with E-state index in [-0.39, 0.29) is 11.6 Å². The molecule has 0 heterocycles. The van der Waals surface area contributed by atoms with Crippen LogP contribution < -0.4 is 11.3 Å². The number of hydrazine groups is 1. The van der Waals surface area contributed by atoms with Crippen LogP contribution in [-0.4, -0.2) is 30.6 Å². The summed E-state index contributed by atoms with van der Waals surface area (Å²) < 4.78 is 0. The fourth-order valence-corrected chi connectivity index (χ4v) is 1.21. The van der Waals surface area contributed by atoms with Crippen molar-refractivity contribution in [2.75, 3.05) is 14.1 Å². The van der Waals surface area contributed by atoms with Gasteiger partial charge in [0, 0.05) is 5.54 Å². The van der Waals surface area contributed by atoms with Gasteiger partial charge in [0.2, 0.25) is 0 Å². The Bertz CT molecular complexity index is 161. The highest BCUT2D eigenvalue weighted by Crippen LogP contribution is 2.19. The molecule has 0 spiro atoms. The highest BCUT2D eigenvalue weighted by atomic mass is 15.3. The van der Waals surface area contributed by atoms with Gasteiger partial charge in [-0.05, 0) is 34.9 Å². The number of likely N-dealkylation sites (N-methyl/N-ethyl adjacent to an activating group) is 1. The Hall–Kier alpha value is -0.380. The summed E-state index contributed by atoms with van der Waals surface area (Å²) in [6.07, 6.45) is 0. The molecule has 0 amide bonds. The Morgan fingerprint density at radius 3 is 2.00 bits per heavy atom. The zero-order valence-corrected chi connectivity index (χ0v) is 8.81. The van der Waals surface area contributed by atoms with Crippen molar-refractivity contribution in [3.8, 4) is 0 Å². The van der Waals surface area contributed by atoms with Gasteiger partial charge in [0.05, 0.1) is 6.04 Å². The predicted molar refractivity (Wildman–Crippen MR) is 53.7 cm³/mol.